The number of ether oxygens (including phenoxy) is 2. The van der Waals surface area contributed by atoms with Gasteiger partial charge in [-0.25, -0.2) is 0 Å². The fourth-order valence-electron chi connectivity index (χ4n) is 2.03. The lowest BCUT2D eigenvalue weighted by Crippen LogP contribution is -2.40. The van der Waals surface area contributed by atoms with Gasteiger partial charge in [0.05, 0.1) is 31.0 Å². The van der Waals surface area contributed by atoms with E-state index in [0.29, 0.717) is 19.8 Å². The molecule has 0 radical (unpaired) electrons. The number of aliphatic hydroxyl groups excluding tert-OH is 1. The first-order valence-corrected chi connectivity index (χ1v) is 6.43. The second-order valence-corrected chi connectivity index (χ2v) is 4.80. The third-order valence-electron chi connectivity index (χ3n) is 2.88. The smallest absolute Gasteiger partial charge is 0.142 e. The Morgan fingerprint density at radius 3 is 2.94 bits per heavy atom. The molecule has 0 spiro atoms. The van der Waals surface area contributed by atoms with Crippen LogP contribution in [0.3, 0.4) is 0 Å². The van der Waals surface area contributed by atoms with E-state index in [4.69, 9.17) is 9.47 Å². The molecule has 0 saturated carbocycles. The van der Waals surface area contributed by atoms with Crippen LogP contribution in [-0.2, 0) is 4.74 Å². The average Bonchev–Trinajstić information content (AvgIpc) is 2.37. The van der Waals surface area contributed by atoms with Crippen LogP contribution in [0.15, 0.2) is 24.3 Å². The minimum absolute atomic E-state index is 0.150. The molecule has 1 unspecified atom stereocenters. The van der Waals surface area contributed by atoms with Crippen molar-refractivity contribution in [3.63, 3.8) is 0 Å². The summed E-state index contributed by atoms with van der Waals surface area (Å²) in [4.78, 5) is 2.15. The summed E-state index contributed by atoms with van der Waals surface area (Å²) in [6.45, 7) is 6.35. The van der Waals surface area contributed by atoms with Crippen LogP contribution < -0.4 is 9.64 Å². The van der Waals surface area contributed by atoms with Crippen LogP contribution in [0.5, 0.6) is 5.75 Å². The second kappa shape index (κ2) is 6.07. The van der Waals surface area contributed by atoms with E-state index in [1.165, 1.54) is 0 Å². The Bertz CT molecular complexity index is 381. The van der Waals surface area contributed by atoms with E-state index in [1.807, 2.05) is 38.1 Å². The van der Waals surface area contributed by atoms with Crippen LogP contribution >= 0.6 is 0 Å². The van der Waals surface area contributed by atoms with Crippen LogP contribution in [0.25, 0.3) is 0 Å². The maximum atomic E-state index is 9.97. The number of para-hydroxylation sites is 2. The molecule has 1 N–H and O–H groups in total. The van der Waals surface area contributed by atoms with Crippen molar-refractivity contribution in [2.24, 2.45) is 0 Å². The number of hydrogen-bond donors (Lipinski definition) is 1. The number of aliphatic hydroxyl groups is 1. The highest BCUT2D eigenvalue weighted by Crippen LogP contribution is 2.30. The topological polar surface area (TPSA) is 41.9 Å². The molecule has 2 rings (SSSR count). The average molecular weight is 251 g/mol. The molecule has 4 nitrogen and oxygen atoms in total. The largest absolute Gasteiger partial charge is 0.490 e. The van der Waals surface area contributed by atoms with Gasteiger partial charge in [-0.05, 0) is 26.0 Å². The Balaban J connectivity index is 1.94. The first kappa shape index (κ1) is 13.2. The van der Waals surface area contributed by atoms with Crippen molar-refractivity contribution in [2.75, 3.05) is 31.2 Å². The number of anilines is 1. The molecule has 100 valence electrons. The summed E-state index contributed by atoms with van der Waals surface area (Å²) >= 11 is 0. The standard InChI is InChI=1S/C14H21NO3/c1-11(2)18-10-12(16)9-15-7-8-17-14-6-4-3-5-13(14)15/h3-6,11-12,16H,7-10H2,1-2H3. The van der Waals surface area contributed by atoms with Gasteiger partial charge in [-0.15, -0.1) is 0 Å². The number of hydrogen-bond acceptors (Lipinski definition) is 4. The Morgan fingerprint density at radius 1 is 1.39 bits per heavy atom. The van der Waals surface area contributed by atoms with Crippen LogP contribution in [-0.4, -0.2) is 43.6 Å². The van der Waals surface area contributed by atoms with Crippen molar-refractivity contribution in [1.29, 1.82) is 0 Å². The molecule has 0 amide bonds. The van der Waals surface area contributed by atoms with Crippen LogP contribution in [0.4, 0.5) is 5.69 Å². The zero-order chi connectivity index (χ0) is 13.0. The van der Waals surface area contributed by atoms with Gasteiger partial charge in [0.2, 0.25) is 0 Å². The summed E-state index contributed by atoms with van der Waals surface area (Å²) in [5, 5.41) is 9.97. The highest BCUT2D eigenvalue weighted by Gasteiger charge is 2.20. The molecule has 1 aromatic carbocycles. The highest BCUT2D eigenvalue weighted by atomic mass is 16.5. The zero-order valence-corrected chi connectivity index (χ0v) is 11.0. The number of benzene rings is 1. The Hall–Kier alpha value is -1.26. The van der Waals surface area contributed by atoms with E-state index >= 15 is 0 Å². The fraction of sp³-hybridized carbons (Fsp3) is 0.571. The molecule has 0 saturated heterocycles. The first-order chi connectivity index (χ1) is 8.66. The van der Waals surface area contributed by atoms with Crippen molar-refractivity contribution in [3.8, 4) is 5.75 Å². The maximum absolute atomic E-state index is 9.97. The number of fused-ring (bicyclic) bond motifs is 1. The molecule has 1 aromatic rings. The third kappa shape index (κ3) is 3.37. The minimum atomic E-state index is -0.474. The Morgan fingerprint density at radius 2 is 2.17 bits per heavy atom. The normalized spacial score (nSPS) is 16.3. The van der Waals surface area contributed by atoms with Gasteiger partial charge in [-0.2, -0.15) is 0 Å². The summed E-state index contributed by atoms with van der Waals surface area (Å²) < 4.78 is 11.0. The molecule has 1 heterocycles. The van der Waals surface area contributed by atoms with Gasteiger partial charge in [0.25, 0.3) is 0 Å². The van der Waals surface area contributed by atoms with E-state index in [9.17, 15) is 5.11 Å². The predicted octanol–water partition coefficient (Wildman–Crippen LogP) is 1.67. The van der Waals surface area contributed by atoms with Gasteiger partial charge in [0, 0.05) is 6.54 Å². The molecule has 0 aromatic heterocycles. The SMILES string of the molecule is CC(C)OCC(O)CN1CCOc2ccccc21. The lowest BCUT2D eigenvalue weighted by Gasteiger charge is -2.32. The van der Waals surface area contributed by atoms with Gasteiger partial charge >= 0.3 is 0 Å². The summed E-state index contributed by atoms with van der Waals surface area (Å²) in [6, 6.07) is 7.92. The van der Waals surface area contributed by atoms with Gasteiger partial charge in [0.1, 0.15) is 12.4 Å². The molecular weight excluding hydrogens is 230 g/mol. The first-order valence-electron chi connectivity index (χ1n) is 6.43. The van der Waals surface area contributed by atoms with Crippen molar-refractivity contribution in [1.82, 2.24) is 0 Å². The van der Waals surface area contributed by atoms with Gasteiger partial charge in [0.15, 0.2) is 0 Å². The van der Waals surface area contributed by atoms with Crippen molar-refractivity contribution >= 4 is 5.69 Å². The van der Waals surface area contributed by atoms with Crippen molar-refractivity contribution < 1.29 is 14.6 Å². The quantitative estimate of drug-likeness (QED) is 0.864. The number of nitrogens with zero attached hydrogens (tertiary/aromatic N) is 1. The van der Waals surface area contributed by atoms with Crippen LogP contribution in [0.1, 0.15) is 13.8 Å². The number of rotatable bonds is 5. The van der Waals surface area contributed by atoms with E-state index in [2.05, 4.69) is 4.90 Å². The van der Waals surface area contributed by atoms with Crippen molar-refractivity contribution in [2.45, 2.75) is 26.1 Å². The molecule has 0 aliphatic carbocycles. The fourth-order valence-corrected chi connectivity index (χ4v) is 2.03. The molecule has 1 aliphatic heterocycles. The Labute approximate surface area is 108 Å². The molecule has 1 atom stereocenters. The summed E-state index contributed by atoms with van der Waals surface area (Å²) in [5.41, 5.74) is 1.05. The van der Waals surface area contributed by atoms with E-state index < -0.39 is 6.10 Å². The summed E-state index contributed by atoms with van der Waals surface area (Å²) in [5.74, 6) is 0.890. The van der Waals surface area contributed by atoms with E-state index in [-0.39, 0.29) is 6.10 Å². The number of β-amino-alcohol motifs (C(OH)–C–C–N with tert-alkyl or cyclic N) is 1. The second-order valence-electron chi connectivity index (χ2n) is 4.80. The van der Waals surface area contributed by atoms with Gasteiger partial charge in [-0.1, -0.05) is 12.1 Å². The predicted molar refractivity (Wildman–Crippen MR) is 71.2 cm³/mol. The molecule has 0 fully saturated rings. The lowest BCUT2D eigenvalue weighted by molar-refractivity contribution is 0.00850. The third-order valence-corrected chi connectivity index (χ3v) is 2.88. The van der Waals surface area contributed by atoms with E-state index in [0.717, 1.165) is 18.0 Å². The summed E-state index contributed by atoms with van der Waals surface area (Å²) in [7, 11) is 0. The van der Waals surface area contributed by atoms with Crippen LogP contribution in [0, 0.1) is 0 Å². The maximum Gasteiger partial charge on any atom is 0.142 e. The van der Waals surface area contributed by atoms with Gasteiger partial charge in [-0.3, -0.25) is 0 Å². The molecular formula is C14H21NO3. The van der Waals surface area contributed by atoms with Crippen LogP contribution in [0.2, 0.25) is 0 Å². The molecule has 18 heavy (non-hydrogen) atoms. The van der Waals surface area contributed by atoms with E-state index in [1.54, 1.807) is 0 Å². The highest BCUT2D eigenvalue weighted by molar-refractivity contribution is 5.59. The van der Waals surface area contributed by atoms with Crippen molar-refractivity contribution in [3.05, 3.63) is 24.3 Å². The lowest BCUT2D eigenvalue weighted by atomic mass is 10.2. The monoisotopic (exact) mass is 251 g/mol. The molecule has 4 heteroatoms. The minimum Gasteiger partial charge on any atom is -0.490 e. The Kier molecular flexibility index (Phi) is 4.44. The van der Waals surface area contributed by atoms with Gasteiger partial charge < -0.3 is 19.5 Å². The summed E-state index contributed by atoms with van der Waals surface area (Å²) in [6.07, 6.45) is -0.324. The molecule has 1 aliphatic rings. The zero-order valence-electron chi connectivity index (χ0n) is 11.0. The molecule has 0 bridgehead atoms.